The summed E-state index contributed by atoms with van der Waals surface area (Å²) in [5, 5.41) is 8.82. The summed E-state index contributed by atoms with van der Waals surface area (Å²) in [7, 11) is 0. The number of ether oxygens (including phenoxy) is 1. The van der Waals surface area contributed by atoms with Gasteiger partial charge in [-0.3, -0.25) is 10.1 Å². The number of urea groups is 1. The number of amides is 3. The third-order valence-electron chi connectivity index (χ3n) is 4.20. The van der Waals surface area contributed by atoms with Gasteiger partial charge < -0.3 is 10.1 Å². The van der Waals surface area contributed by atoms with Gasteiger partial charge in [0.2, 0.25) is 0 Å². The molecule has 2 N–H and O–H groups in total. The van der Waals surface area contributed by atoms with E-state index in [9.17, 15) is 14.4 Å². The molecule has 0 aliphatic heterocycles. The maximum atomic E-state index is 12.3. The lowest BCUT2D eigenvalue weighted by Gasteiger charge is -2.08. The van der Waals surface area contributed by atoms with Gasteiger partial charge >= 0.3 is 12.0 Å². The van der Waals surface area contributed by atoms with E-state index in [4.69, 9.17) is 4.74 Å². The van der Waals surface area contributed by atoms with Crippen LogP contribution in [0.5, 0.6) is 0 Å². The van der Waals surface area contributed by atoms with Crippen LogP contribution in [0, 0.1) is 13.8 Å². The summed E-state index contributed by atoms with van der Waals surface area (Å²) in [6, 6.07) is 13.8. The lowest BCUT2D eigenvalue weighted by atomic mass is 10.2. The molecule has 3 amide bonds. The summed E-state index contributed by atoms with van der Waals surface area (Å²) in [6.45, 7) is 3.11. The highest BCUT2D eigenvalue weighted by atomic mass is 79.9. The Kier molecular flexibility index (Phi) is 6.63. The van der Waals surface area contributed by atoms with Crippen molar-refractivity contribution < 1.29 is 19.1 Å². The van der Waals surface area contributed by atoms with Crippen LogP contribution in [-0.2, 0) is 9.53 Å². The number of aromatic nitrogens is 2. The van der Waals surface area contributed by atoms with Crippen molar-refractivity contribution in [3.8, 4) is 5.69 Å². The first-order valence-electron chi connectivity index (χ1n) is 8.98. The normalized spacial score (nSPS) is 10.4. The standard InChI is InChI=1S/C21H19BrN4O4/c1-13-3-9-17(10-4-13)26-14(2)18(11-23-26)20(28)30-12-19(27)25-21(29)24-16-7-5-15(22)6-8-16/h3-11H,12H2,1-2H3,(H2,24,25,27,29). The van der Waals surface area contributed by atoms with Gasteiger partial charge in [-0.15, -0.1) is 0 Å². The van der Waals surface area contributed by atoms with Gasteiger partial charge in [-0.05, 0) is 50.2 Å². The summed E-state index contributed by atoms with van der Waals surface area (Å²) in [5.41, 5.74) is 3.25. The monoisotopic (exact) mass is 470 g/mol. The van der Waals surface area contributed by atoms with Crippen LogP contribution in [0.4, 0.5) is 10.5 Å². The molecule has 0 saturated carbocycles. The van der Waals surface area contributed by atoms with Crippen LogP contribution in [0.25, 0.3) is 5.69 Å². The van der Waals surface area contributed by atoms with Crippen LogP contribution < -0.4 is 10.6 Å². The van der Waals surface area contributed by atoms with E-state index in [2.05, 4.69) is 31.7 Å². The molecule has 0 bridgehead atoms. The lowest BCUT2D eigenvalue weighted by Crippen LogP contribution is -2.37. The number of carbonyl (C=O) groups is 3. The summed E-state index contributed by atoms with van der Waals surface area (Å²) in [6.07, 6.45) is 1.38. The minimum absolute atomic E-state index is 0.239. The third kappa shape index (κ3) is 5.32. The Balaban J connectivity index is 1.53. The summed E-state index contributed by atoms with van der Waals surface area (Å²) < 4.78 is 7.49. The fourth-order valence-corrected chi connectivity index (χ4v) is 2.89. The average Bonchev–Trinajstić information content (AvgIpc) is 3.10. The molecule has 154 valence electrons. The SMILES string of the molecule is Cc1ccc(-n2ncc(C(=O)OCC(=O)NC(=O)Nc3ccc(Br)cc3)c2C)cc1. The Morgan fingerprint density at radius 1 is 1.03 bits per heavy atom. The van der Waals surface area contributed by atoms with Crippen LogP contribution in [-0.4, -0.2) is 34.3 Å². The second kappa shape index (κ2) is 9.36. The predicted octanol–water partition coefficient (Wildman–Crippen LogP) is 3.76. The van der Waals surface area contributed by atoms with Crippen molar-refractivity contribution in [1.82, 2.24) is 15.1 Å². The number of hydrogen-bond acceptors (Lipinski definition) is 5. The molecule has 0 fully saturated rings. The quantitative estimate of drug-likeness (QED) is 0.552. The van der Waals surface area contributed by atoms with Crippen LogP contribution in [0.2, 0.25) is 0 Å². The van der Waals surface area contributed by atoms with Gasteiger partial charge in [0.1, 0.15) is 5.56 Å². The van der Waals surface area contributed by atoms with Gasteiger partial charge in [-0.25, -0.2) is 14.3 Å². The minimum atomic E-state index is -0.749. The van der Waals surface area contributed by atoms with E-state index < -0.39 is 24.5 Å². The first-order chi connectivity index (χ1) is 14.3. The second-order valence-corrected chi connectivity index (χ2v) is 7.39. The molecule has 3 rings (SSSR count). The van der Waals surface area contributed by atoms with Crippen LogP contribution in [0.1, 0.15) is 21.6 Å². The molecule has 2 aromatic carbocycles. The number of aryl methyl sites for hydroxylation is 1. The zero-order valence-corrected chi connectivity index (χ0v) is 17.9. The highest BCUT2D eigenvalue weighted by Crippen LogP contribution is 2.16. The highest BCUT2D eigenvalue weighted by Gasteiger charge is 2.18. The first kappa shape index (κ1) is 21.3. The smallest absolute Gasteiger partial charge is 0.342 e. The molecule has 8 nitrogen and oxygen atoms in total. The van der Waals surface area contributed by atoms with Crippen molar-refractivity contribution in [2.45, 2.75) is 13.8 Å². The first-order valence-corrected chi connectivity index (χ1v) is 9.78. The fourth-order valence-electron chi connectivity index (χ4n) is 2.62. The van der Waals surface area contributed by atoms with Gasteiger partial charge in [0.25, 0.3) is 5.91 Å². The molecule has 0 saturated heterocycles. The molecule has 0 spiro atoms. The van der Waals surface area contributed by atoms with Crippen LogP contribution >= 0.6 is 15.9 Å². The molecule has 30 heavy (non-hydrogen) atoms. The summed E-state index contributed by atoms with van der Waals surface area (Å²) in [4.78, 5) is 36.1. The number of nitrogens with zero attached hydrogens (tertiary/aromatic N) is 2. The Hall–Kier alpha value is -3.46. The number of rotatable bonds is 5. The van der Waals surface area contributed by atoms with Gasteiger partial charge in [-0.2, -0.15) is 5.10 Å². The minimum Gasteiger partial charge on any atom is -0.452 e. The lowest BCUT2D eigenvalue weighted by molar-refractivity contribution is -0.123. The van der Waals surface area contributed by atoms with E-state index in [1.807, 2.05) is 31.2 Å². The second-order valence-electron chi connectivity index (χ2n) is 6.48. The molecule has 0 atom stereocenters. The number of imide groups is 1. The highest BCUT2D eigenvalue weighted by molar-refractivity contribution is 9.10. The van der Waals surface area contributed by atoms with E-state index in [0.717, 1.165) is 15.7 Å². The largest absolute Gasteiger partial charge is 0.452 e. The third-order valence-corrected chi connectivity index (χ3v) is 4.73. The molecule has 0 aliphatic carbocycles. The molecular formula is C21H19BrN4O4. The van der Waals surface area contributed by atoms with Crippen molar-refractivity contribution in [2.75, 3.05) is 11.9 Å². The zero-order chi connectivity index (χ0) is 21.7. The Labute approximate surface area is 181 Å². The van der Waals surface area contributed by atoms with Crippen molar-refractivity contribution >= 4 is 39.5 Å². The number of halogens is 1. The summed E-state index contributed by atoms with van der Waals surface area (Å²) >= 11 is 3.29. The maximum absolute atomic E-state index is 12.3. The van der Waals surface area contributed by atoms with Crippen molar-refractivity contribution in [2.24, 2.45) is 0 Å². The van der Waals surface area contributed by atoms with Gasteiger partial charge in [-0.1, -0.05) is 33.6 Å². The molecule has 0 unspecified atom stereocenters. The zero-order valence-electron chi connectivity index (χ0n) is 16.3. The maximum Gasteiger partial charge on any atom is 0.342 e. The number of benzene rings is 2. The molecular weight excluding hydrogens is 452 g/mol. The molecule has 1 heterocycles. The Morgan fingerprint density at radius 3 is 2.37 bits per heavy atom. The topological polar surface area (TPSA) is 102 Å². The van der Waals surface area contributed by atoms with E-state index in [-0.39, 0.29) is 5.56 Å². The van der Waals surface area contributed by atoms with Gasteiger partial charge in [0, 0.05) is 10.2 Å². The van der Waals surface area contributed by atoms with Crippen molar-refractivity contribution in [3.63, 3.8) is 0 Å². The number of carbonyl (C=O) groups excluding carboxylic acids is 3. The van der Waals surface area contributed by atoms with Crippen LogP contribution in [0.3, 0.4) is 0 Å². The number of anilines is 1. The molecule has 0 radical (unpaired) electrons. The molecule has 1 aromatic heterocycles. The number of esters is 1. The summed E-state index contributed by atoms with van der Waals surface area (Å²) in [5.74, 6) is -1.45. The van der Waals surface area contributed by atoms with Gasteiger partial charge in [0.15, 0.2) is 6.61 Å². The molecule has 3 aromatic rings. The van der Waals surface area contributed by atoms with E-state index >= 15 is 0 Å². The van der Waals surface area contributed by atoms with E-state index in [1.54, 1.807) is 35.9 Å². The van der Waals surface area contributed by atoms with Crippen LogP contribution in [0.15, 0.2) is 59.2 Å². The van der Waals surface area contributed by atoms with Gasteiger partial charge in [0.05, 0.1) is 17.6 Å². The van der Waals surface area contributed by atoms with Crippen molar-refractivity contribution in [1.29, 1.82) is 0 Å². The Morgan fingerprint density at radius 2 is 1.70 bits per heavy atom. The number of hydrogen-bond donors (Lipinski definition) is 2. The molecule has 0 aliphatic rings. The van der Waals surface area contributed by atoms with E-state index in [1.165, 1.54) is 6.20 Å². The average molecular weight is 471 g/mol. The van der Waals surface area contributed by atoms with Crippen molar-refractivity contribution in [3.05, 3.63) is 76.0 Å². The molecule has 9 heteroatoms. The van der Waals surface area contributed by atoms with E-state index in [0.29, 0.717) is 11.4 Å². The Bertz CT molecular complexity index is 1080. The predicted molar refractivity (Wildman–Crippen MR) is 115 cm³/mol. The fraction of sp³-hybridized carbons (Fsp3) is 0.143. The number of nitrogens with one attached hydrogen (secondary N) is 2.